The van der Waals surface area contributed by atoms with E-state index >= 15 is 0 Å². The van der Waals surface area contributed by atoms with Gasteiger partial charge in [0, 0.05) is 16.7 Å². The smallest absolute Gasteiger partial charge is 0.121 e. The van der Waals surface area contributed by atoms with E-state index in [9.17, 15) is 5.11 Å². The van der Waals surface area contributed by atoms with Gasteiger partial charge in [0.2, 0.25) is 0 Å². The van der Waals surface area contributed by atoms with Crippen molar-refractivity contribution >= 4 is 0 Å². The van der Waals surface area contributed by atoms with Crippen molar-refractivity contribution in [3.8, 4) is 12.3 Å². The van der Waals surface area contributed by atoms with E-state index in [1.165, 1.54) is 22.3 Å². The van der Waals surface area contributed by atoms with Gasteiger partial charge in [0.05, 0.1) is 0 Å². The predicted octanol–water partition coefficient (Wildman–Crippen LogP) is 3.84. The van der Waals surface area contributed by atoms with E-state index in [0.717, 1.165) is 6.42 Å². The molecule has 0 aliphatic heterocycles. The standard InChI is InChI=1S/C21H20O/c1-4-19(22)20(2)13-16-14-9-5-7-11-17(14)21(20,3)18-12-8-6-10-15(16)18/h1,5-12,16,19,22H,13H2,2-3H3/t16?,19-,20?,21?/m1/s1. The zero-order valence-corrected chi connectivity index (χ0v) is 13.0. The minimum absolute atomic E-state index is 0.263. The summed E-state index contributed by atoms with van der Waals surface area (Å²) in [6.45, 7) is 4.40. The lowest BCUT2D eigenvalue weighted by Crippen LogP contribution is -2.56. The van der Waals surface area contributed by atoms with Gasteiger partial charge in [0.25, 0.3) is 0 Å². The van der Waals surface area contributed by atoms with Crippen LogP contribution in [0.25, 0.3) is 0 Å². The molecule has 2 bridgehead atoms. The lowest BCUT2D eigenvalue weighted by atomic mass is 9.44. The van der Waals surface area contributed by atoms with Crippen molar-refractivity contribution in [2.75, 3.05) is 0 Å². The summed E-state index contributed by atoms with van der Waals surface area (Å²) in [6, 6.07) is 17.3. The van der Waals surface area contributed by atoms with Gasteiger partial charge < -0.3 is 5.11 Å². The van der Waals surface area contributed by atoms with Crippen LogP contribution < -0.4 is 0 Å². The van der Waals surface area contributed by atoms with E-state index < -0.39 is 6.10 Å². The monoisotopic (exact) mass is 288 g/mol. The first kappa shape index (κ1) is 13.6. The molecule has 2 atom stereocenters. The normalized spacial score (nSPS) is 32.7. The molecule has 1 heteroatoms. The van der Waals surface area contributed by atoms with Crippen LogP contribution >= 0.6 is 0 Å². The largest absolute Gasteiger partial charge is 0.380 e. The third-order valence-electron chi connectivity index (χ3n) is 6.28. The van der Waals surface area contributed by atoms with Gasteiger partial charge in [0.1, 0.15) is 6.10 Å². The van der Waals surface area contributed by atoms with Crippen LogP contribution in [0.15, 0.2) is 48.5 Å². The Kier molecular flexibility index (Phi) is 2.63. The zero-order chi connectivity index (χ0) is 15.5. The lowest BCUT2D eigenvalue weighted by Gasteiger charge is -2.59. The first-order chi connectivity index (χ1) is 10.5. The van der Waals surface area contributed by atoms with Crippen molar-refractivity contribution in [3.05, 3.63) is 70.8 Å². The third kappa shape index (κ3) is 1.35. The molecule has 0 amide bonds. The number of benzene rings is 2. The average Bonchev–Trinajstić information content (AvgIpc) is 2.57. The molecule has 1 N–H and O–H groups in total. The fourth-order valence-corrected chi connectivity index (χ4v) is 4.86. The highest BCUT2D eigenvalue weighted by Gasteiger charge is 2.60. The summed E-state index contributed by atoms with van der Waals surface area (Å²) in [4.78, 5) is 0. The van der Waals surface area contributed by atoms with E-state index in [1.807, 2.05) is 0 Å². The highest BCUT2D eigenvalue weighted by atomic mass is 16.3. The summed E-state index contributed by atoms with van der Waals surface area (Å²) >= 11 is 0. The molecular weight excluding hydrogens is 268 g/mol. The minimum Gasteiger partial charge on any atom is -0.380 e. The van der Waals surface area contributed by atoms with E-state index in [1.54, 1.807) is 0 Å². The molecule has 1 nitrogen and oxygen atoms in total. The molecule has 110 valence electrons. The first-order valence-corrected chi connectivity index (χ1v) is 7.87. The summed E-state index contributed by atoms with van der Waals surface area (Å²) in [5, 5.41) is 10.6. The Balaban J connectivity index is 2.10. The first-order valence-electron chi connectivity index (χ1n) is 7.87. The van der Waals surface area contributed by atoms with Crippen molar-refractivity contribution in [3.63, 3.8) is 0 Å². The molecule has 0 radical (unpaired) electrons. The Morgan fingerprint density at radius 3 is 2.05 bits per heavy atom. The number of hydrogen-bond donors (Lipinski definition) is 1. The van der Waals surface area contributed by atoms with Crippen molar-refractivity contribution in [2.24, 2.45) is 5.41 Å². The SMILES string of the molecule is C#C[C@@H](O)C1(C)CC2c3ccccc3C1(C)c1ccccc12. The number of aliphatic hydroxyl groups is 1. The van der Waals surface area contributed by atoms with Gasteiger partial charge in [-0.2, -0.15) is 0 Å². The van der Waals surface area contributed by atoms with Crippen LogP contribution in [-0.4, -0.2) is 11.2 Å². The van der Waals surface area contributed by atoms with Crippen molar-refractivity contribution in [1.82, 2.24) is 0 Å². The molecule has 0 fully saturated rings. The fourth-order valence-electron chi connectivity index (χ4n) is 4.86. The number of terminal acetylenes is 1. The Morgan fingerprint density at radius 1 is 1.05 bits per heavy atom. The van der Waals surface area contributed by atoms with Gasteiger partial charge >= 0.3 is 0 Å². The number of fused-ring (bicyclic) bond motifs is 1. The Bertz CT molecular complexity index is 750. The van der Waals surface area contributed by atoms with E-state index in [4.69, 9.17) is 6.42 Å². The van der Waals surface area contributed by atoms with Gasteiger partial charge in [0.15, 0.2) is 0 Å². The average molecular weight is 288 g/mol. The van der Waals surface area contributed by atoms with E-state index in [0.29, 0.717) is 5.92 Å². The molecule has 0 saturated carbocycles. The molecular formula is C21H20O. The van der Waals surface area contributed by atoms with Crippen LogP contribution in [0, 0.1) is 17.8 Å². The summed E-state index contributed by atoms with van der Waals surface area (Å²) in [5.74, 6) is 2.92. The second-order valence-corrected chi connectivity index (χ2v) is 7.04. The van der Waals surface area contributed by atoms with Gasteiger partial charge in [-0.3, -0.25) is 0 Å². The molecule has 3 aliphatic carbocycles. The second kappa shape index (κ2) is 4.24. The van der Waals surface area contributed by atoms with Crippen LogP contribution in [0.1, 0.15) is 48.4 Å². The molecule has 5 rings (SSSR count). The molecule has 0 spiro atoms. The molecule has 0 aromatic heterocycles. The lowest BCUT2D eigenvalue weighted by molar-refractivity contribution is 0.00512. The number of hydrogen-bond acceptors (Lipinski definition) is 1. The molecule has 0 saturated heterocycles. The van der Waals surface area contributed by atoms with Crippen LogP contribution in [0.4, 0.5) is 0 Å². The molecule has 0 heterocycles. The van der Waals surface area contributed by atoms with Crippen LogP contribution in [0.3, 0.4) is 0 Å². The van der Waals surface area contributed by atoms with Crippen LogP contribution in [0.2, 0.25) is 0 Å². The highest BCUT2D eigenvalue weighted by Crippen LogP contribution is 2.65. The molecule has 2 aromatic rings. The van der Waals surface area contributed by atoms with Crippen LogP contribution in [-0.2, 0) is 5.41 Å². The van der Waals surface area contributed by atoms with Gasteiger partial charge in [-0.25, -0.2) is 0 Å². The zero-order valence-electron chi connectivity index (χ0n) is 13.0. The van der Waals surface area contributed by atoms with Crippen LogP contribution in [0.5, 0.6) is 0 Å². The molecule has 3 aliphatic rings. The summed E-state index contributed by atoms with van der Waals surface area (Å²) < 4.78 is 0. The number of rotatable bonds is 1. The second-order valence-electron chi connectivity index (χ2n) is 7.04. The minimum atomic E-state index is -0.748. The van der Waals surface area contributed by atoms with Gasteiger partial charge in [-0.05, 0) is 28.7 Å². The Labute approximate surface area is 132 Å². The Morgan fingerprint density at radius 2 is 1.55 bits per heavy atom. The maximum absolute atomic E-state index is 10.6. The Hall–Kier alpha value is -2.04. The van der Waals surface area contributed by atoms with Gasteiger partial charge in [-0.1, -0.05) is 68.3 Å². The quantitative estimate of drug-likeness (QED) is 0.790. The highest BCUT2D eigenvalue weighted by molar-refractivity contribution is 5.61. The third-order valence-corrected chi connectivity index (χ3v) is 6.28. The molecule has 1 unspecified atom stereocenters. The summed E-state index contributed by atoms with van der Waals surface area (Å²) in [5.41, 5.74) is 4.81. The van der Waals surface area contributed by atoms with E-state index in [2.05, 4.69) is 68.3 Å². The molecule has 22 heavy (non-hydrogen) atoms. The number of aliphatic hydroxyl groups excluding tert-OH is 1. The maximum atomic E-state index is 10.6. The van der Waals surface area contributed by atoms with Crippen molar-refractivity contribution in [2.45, 2.75) is 37.7 Å². The fraction of sp³-hybridized carbons (Fsp3) is 0.333. The summed E-state index contributed by atoms with van der Waals surface area (Å²) in [7, 11) is 0. The van der Waals surface area contributed by atoms with Crippen molar-refractivity contribution in [1.29, 1.82) is 0 Å². The topological polar surface area (TPSA) is 20.2 Å². The predicted molar refractivity (Wildman–Crippen MR) is 88.7 cm³/mol. The van der Waals surface area contributed by atoms with E-state index in [-0.39, 0.29) is 10.8 Å². The van der Waals surface area contributed by atoms with Gasteiger partial charge in [-0.15, -0.1) is 6.42 Å². The molecule has 2 aromatic carbocycles. The maximum Gasteiger partial charge on any atom is 0.121 e. The summed E-state index contributed by atoms with van der Waals surface area (Å²) in [6.07, 6.45) is 5.76. The van der Waals surface area contributed by atoms with Crippen molar-refractivity contribution < 1.29 is 5.11 Å².